The van der Waals surface area contributed by atoms with Crippen LogP contribution in [0.5, 0.6) is 0 Å². The van der Waals surface area contributed by atoms with Crippen LogP contribution in [0.1, 0.15) is 77.3 Å². The summed E-state index contributed by atoms with van der Waals surface area (Å²) >= 11 is 0. The number of hydrogen-bond acceptors (Lipinski definition) is 13. The molecule has 0 atom stereocenters. The third kappa shape index (κ3) is 11.6. The van der Waals surface area contributed by atoms with E-state index in [1.54, 1.807) is 6.20 Å². The van der Waals surface area contributed by atoms with E-state index in [9.17, 15) is 4.79 Å². The molecule has 4 aromatic rings. The minimum absolute atomic E-state index is 0.117. The van der Waals surface area contributed by atoms with Crippen molar-refractivity contribution < 1.29 is 4.79 Å². The van der Waals surface area contributed by atoms with Crippen molar-refractivity contribution in [2.45, 2.75) is 91.1 Å². The highest BCUT2D eigenvalue weighted by atomic mass is 16.2. The van der Waals surface area contributed by atoms with Gasteiger partial charge in [-0.1, -0.05) is 46.4 Å². The number of amides is 1. The molecule has 3 N–H and O–H groups in total. The summed E-state index contributed by atoms with van der Waals surface area (Å²) in [5.74, 6) is 3.04. The summed E-state index contributed by atoms with van der Waals surface area (Å²) in [5.41, 5.74) is 7.40. The van der Waals surface area contributed by atoms with Gasteiger partial charge in [0, 0.05) is 130 Å². The van der Waals surface area contributed by atoms with Crippen LogP contribution in [0.25, 0.3) is 0 Å². The van der Waals surface area contributed by atoms with Gasteiger partial charge in [0.2, 0.25) is 17.8 Å². The summed E-state index contributed by atoms with van der Waals surface area (Å²) in [5, 5.41) is 10.3. The summed E-state index contributed by atoms with van der Waals surface area (Å²) in [6.45, 7) is 24.1. The van der Waals surface area contributed by atoms with Gasteiger partial charge in [0.05, 0.1) is 6.42 Å². The summed E-state index contributed by atoms with van der Waals surface area (Å²) in [6.07, 6.45) is 11.6. The lowest BCUT2D eigenvalue weighted by atomic mass is 10.1. The van der Waals surface area contributed by atoms with Crippen molar-refractivity contribution in [2.75, 3.05) is 110 Å². The molecule has 2 saturated heterocycles. The highest BCUT2D eigenvalue weighted by Gasteiger charge is 2.34. The predicted molar refractivity (Wildman–Crippen MR) is 260 cm³/mol. The second kappa shape index (κ2) is 21.9. The molecule has 4 aliphatic rings. The molecule has 1 amide bonds. The van der Waals surface area contributed by atoms with Crippen LogP contribution in [0.4, 0.5) is 46.3 Å². The fraction of sp³-hybridized carbons (Fsp3) is 0.531. The van der Waals surface area contributed by atoms with Crippen molar-refractivity contribution >= 4 is 52.2 Å². The van der Waals surface area contributed by atoms with E-state index < -0.39 is 0 Å². The molecular formula is C49H71N13O. The lowest BCUT2D eigenvalue weighted by Gasteiger charge is -2.32. The number of aromatic nitrogens is 4. The topological polar surface area (TPSA) is 124 Å². The molecule has 4 aliphatic heterocycles. The maximum atomic E-state index is 12.6. The molecule has 0 bridgehead atoms. The zero-order valence-electron chi connectivity index (χ0n) is 38.7. The van der Waals surface area contributed by atoms with Crippen molar-refractivity contribution in [3.05, 3.63) is 84.3 Å². The van der Waals surface area contributed by atoms with Crippen molar-refractivity contribution in [3.63, 3.8) is 0 Å². The third-order valence-corrected chi connectivity index (χ3v) is 13.1. The number of nitrogens with one attached hydrogen (secondary N) is 3. The first-order valence-corrected chi connectivity index (χ1v) is 23.5. The van der Waals surface area contributed by atoms with E-state index in [0.29, 0.717) is 24.4 Å². The smallest absolute Gasteiger partial charge is 0.233 e. The van der Waals surface area contributed by atoms with Gasteiger partial charge in [0.1, 0.15) is 11.6 Å². The van der Waals surface area contributed by atoms with E-state index in [1.807, 2.05) is 23.2 Å². The van der Waals surface area contributed by atoms with Crippen LogP contribution in [0, 0.1) is 0 Å². The van der Waals surface area contributed by atoms with Crippen molar-refractivity contribution in [1.29, 1.82) is 0 Å². The van der Waals surface area contributed by atoms with Gasteiger partial charge in [-0.15, -0.1) is 0 Å². The van der Waals surface area contributed by atoms with Crippen LogP contribution in [0.2, 0.25) is 0 Å². The fourth-order valence-corrected chi connectivity index (χ4v) is 9.16. The number of piperazine rings is 1. The number of nitrogens with zero attached hydrogens (tertiary/aromatic N) is 10. The van der Waals surface area contributed by atoms with Crippen molar-refractivity contribution in [3.8, 4) is 0 Å². The predicted octanol–water partition coefficient (Wildman–Crippen LogP) is 7.77. The summed E-state index contributed by atoms with van der Waals surface area (Å²) in [6, 6.07) is 17.3. The lowest BCUT2D eigenvalue weighted by Crippen LogP contribution is -2.45. The number of carbonyl (C=O) groups excluding carboxylic acids is 1. The molecule has 0 aliphatic carbocycles. The summed E-state index contributed by atoms with van der Waals surface area (Å²) < 4.78 is 0. The Morgan fingerprint density at radius 3 is 1.90 bits per heavy atom. The molecule has 8 rings (SSSR count). The average molecular weight is 858 g/mol. The Labute approximate surface area is 376 Å². The van der Waals surface area contributed by atoms with Gasteiger partial charge in [-0.2, -0.15) is 9.97 Å². The third-order valence-electron chi connectivity index (χ3n) is 13.1. The Kier molecular flexibility index (Phi) is 15.9. The summed E-state index contributed by atoms with van der Waals surface area (Å²) in [4.78, 5) is 45.1. The maximum Gasteiger partial charge on any atom is 0.233 e. The van der Waals surface area contributed by atoms with E-state index in [-0.39, 0.29) is 11.9 Å². The molecular weight excluding hydrogens is 787 g/mol. The number of benzene rings is 2. The Hall–Kier alpha value is -5.31. The summed E-state index contributed by atoms with van der Waals surface area (Å²) in [7, 11) is 4.35. The molecule has 14 nitrogen and oxygen atoms in total. The first-order valence-electron chi connectivity index (χ1n) is 23.5. The van der Waals surface area contributed by atoms with E-state index >= 15 is 0 Å². The molecule has 2 fully saturated rings. The number of hydrogen-bond donors (Lipinski definition) is 3. The van der Waals surface area contributed by atoms with Crippen molar-refractivity contribution in [1.82, 2.24) is 34.6 Å². The minimum Gasteiger partial charge on any atom is -0.384 e. The van der Waals surface area contributed by atoms with Gasteiger partial charge in [0.15, 0.2) is 0 Å². The largest absolute Gasteiger partial charge is 0.384 e. The van der Waals surface area contributed by atoms with E-state index in [0.717, 1.165) is 130 Å². The molecule has 63 heavy (non-hydrogen) atoms. The monoisotopic (exact) mass is 858 g/mol. The number of fused-ring (bicyclic) bond motifs is 2. The first kappa shape index (κ1) is 45.7. The quantitative estimate of drug-likeness (QED) is 0.0904. The van der Waals surface area contributed by atoms with Gasteiger partial charge >= 0.3 is 0 Å². The van der Waals surface area contributed by atoms with Crippen molar-refractivity contribution in [2.24, 2.45) is 0 Å². The molecule has 0 saturated carbocycles. The average Bonchev–Trinajstić information content (AvgIpc) is 4.02. The highest BCUT2D eigenvalue weighted by molar-refractivity contribution is 6.00. The van der Waals surface area contributed by atoms with Gasteiger partial charge in [-0.25, -0.2) is 9.97 Å². The molecule has 2 aromatic carbocycles. The fourth-order valence-electron chi connectivity index (χ4n) is 9.16. The number of likely N-dealkylation sites (N-methyl/N-ethyl adjacent to an activating group) is 2. The van der Waals surface area contributed by atoms with Crippen LogP contribution < -0.4 is 30.7 Å². The van der Waals surface area contributed by atoms with Gasteiger partial charge in [-0.05, 0) is 95.1 Å². The Bertz CT molecular complexity index is 2120. The molecule has 0 unspecified atom stereocenters. The second-order valence-corrected chi connectivity index (χ2v) is 17.5. The first-order chi connectivity index (χ1) is 30.7. The standard InChI is InChI=1S/C25H36N6.C24H35N7O/c1-5-22(6-2)31-19(3)16-20-18-26-25(28-24(20)31)27-21-10-9-11-23(17-21)29(4)14-15-30-12-7-8-13-30;1-4-21(5-2)31-22(32)15-18-17-26-24(28-23(18)31)27-20-8-6-7-19(16-20)25-9-10-30-13-11-29(3)12-14-30/h9-11,17-18,22H,3,5-8,12-16H2,1-2,4H3,(H,26,27,28);6-8,16-17,21,25H,4-5,9-15H2,1-3H3,(H,26,27,28). The molecule has 0 spiro atoms. The SMILES string of the molecule is C=C1Cc2cnc(Nc3cccc(N(C)CCN4CCCC4)c3)nc2N1C(CC)CC.CCC(CC)N1C(=O)Cc2cnc(Nc3cccc(NCCN4CCN(C)CC4)c3)nc21. The molecule has 0 radical (unpaired) electrons. The van der Waals surface area contributed by atoms with Crippen LogP contribution in [-0.2, 0) is 17.6 Å². The zero-order chi connectivity index (χ0) is 44.3. The number of carbonyl (C=O) groups is 1. The van der Waals surface area contributed by atoms with E-state index in [4.69, 9.17) is 9.97 Å². The molecule has 6 heterocycles. The zero-order valence-corrected chi connectivity index (χ0v) is 38.7. The van der Waals surface area contributed by atoms with Crippen LogP contribution >= 0.6 is 0 Å². The highest BCUT2D eigenvalue weighted by Crippen LogP contribution is 2.36. The normalized spacial score (nSPS) is 16.7. The second-order valence-electron chi connectivity index (χ2n) is 17.5. The Morgan fingerprint density at radius 1 is 0.698 bits per heavy atom. The molecule has 338 valence electrons. The van der Waals surface area contributed by atoms with Gasteiger partial charge in [-0.3, -0.25) is 14.6 Å². The molecule has 2 aromatic heterocycles. The lowest BCUT2D eigenvalue weighted by molar-refractivity contribution is -0.117. The number of rotatable bonds is 18. The molecule has 14 heteroatoms. The number of allylic oxidation sites excluding steroid dienone is 1. The Morgan fingerprint density at radius 2 is 1.25 bits per heavy atom. The van der Waals surface area contributed by atoms with Gasteiger partial charge < -0.3 is 35.6 Å². The van der Waals surface area contributed by atoms with Crippen LogP contribution in [-0.4, -0.2) is 132 Å². The van der Waals surface area contributed by atoms with Crippen LogP contribution in [0.15, 0.2) is 73.2 Å². The van der Waals surface area contributed by atoms with E-state index in [1.165, 1.54) is 31.6 Å². The minimum atomic E-state index is 0.117. The van der Waals surface area contributed by atoms with Crippen LogP contribution in [0.3, 0.4) is 0 Å². The maximum absolute atomic E-state index is 12.6. The van der Waals surface area contributed by atoms with Gasteiger partial charge in [0.25, 0.3) is 0 Å². The number of likely N-dealkylation sites (tertiary alicyclic amines) is 1. The number of anilines is 8. The van der Waals surface area contributed by atoms with E-state index in [2.05, 4.69) is 135 Å². The Balaban J connectivity index is 0.000000189.